The lowest BCUT2D eigenvalue weighted by molar-refractivity contribution is 0.0962. The average molecular weight is 272 g/mol. The van der Waals surface area contributed by atoms with Crippen LogP contribution in [0.15, 0.2) is 36.5 Å². The van der Waals surface area contributed by atoms with Gasteiger partial charge in [-0.05, 0) is 30.3 Å². The normalized spacial score (nSPS) is 10.1. The first-order chi connectivity index (χ1) is 9.51. The molecule has 0 unspecified atom stereocenters. The zero-order chi connectivity index (χ0) is 14.7. The standard InChI is InChI=1S/C14H16N4O2/c1-16-13(19)9-3-5-11(6-4-9)17-14(20)12-7-10(15)8-18(12)2/h3-8H,15H2,1-2H3,(H,16,19)(H,17,20). The van der Waals surface area contributed by atoms with Gasteiger partial charge in [0.05, 0.1) is 5.69 Å². The second-order valence-electron chi connectivity index (χ2n) is 4.38. The van der Waals surface area contributed by atoms with Gasteiger partial charge in [-0.1, -0.05) is 0 Å². The number of hydrogen-bond acceptors (Lipinski definition) is 3. The molecule has 6 heteroatoms. The minimum absolute atomic E-state index is 0.168. The predicted octanol–water partition coefficient (Wildman–Crippen LogP) is 1.22. The van der Waals surface area contributed by atoms with E-state index in [1.807, 2.05) is 0 Å². The SMILES string of the molecule is CNC(=O)c1ccc(NC(=O)c2cc(N)cn2C)cc1. The summed E-state index contributed by atoms with van der Waals surface area (Å²) in [5.74, 6) is -0.421. The van der Waals surface area contributed by atoms with E-state index in [2.05, 4.69) is 10.6 Å². The van der Waals surface area contributed by atoms with Crippen LogP contribution in [0.3, 0.4) is 0 Å². The Kier molecular flexibility index (Phi) is 3.74. The predicted molar refractivity (Wildman–Crippen MR) is 77.6 cm³/mol. The molecule has 1 aromatic heterocycles. The summed E-state index contributed by atoms with van der Waals surface area (Å²) in [7, 11) is 3.32. The Morgan fingerprint density at radius 2 is 1.80 bits per heavy atom. The van der Waals surface area contributed by atoms with Crippen LogP contribution in [0.1, 0.15) is 20.8 Å². The van der Waals surface area contributed by atoms with Crippen LogP contribution in [0.4, 0.5) is 11.4 Å². The molecule has 0 atom stereocenters. The number of aryl methyl sites for hydroxylation is 1. The van der Waals surface area contributed by atoms with E-state index in [1.54, 1.807) is 55.2 Å². The molecule has 0 saturated carbocycles. The Balaban J connectivity index is 2.12. The highest BCUT2D eigenvalue weighted by Gasteiger charge is 2.11. The van der Waals surface area contributed by atoms with E-state index in [4.69, 9.17) is 5.73 Å². The quantitative estimate of drug-likeness (QED) is 0.784. The lowest BCUT2D eigenvalue weighted by atomic mass is 10.2. The summed E-state index contributed by atoms with van der Waals surface area (Å²) in [5.41, 5.74) is 7.79. The maximum absolute atomic E-state index is 12.1. The van der Waals surface area contributed by atoms with Crippen molar-refractivity contribution in [2.24, 2.45) is 7.05 Å². The first-order valence-electron chi connectivity index (χ1n) is 6.06. The van der Waals surface area contributed by atoms with Crippen LogP contribution in [0, 0.1) is 0 Å². The van der Waals surface area contributed by atoms with Crippen molar-refractivity contribution in [3.05, 3.63) is 47.8 Å². The number of nitrogens with one attached hydrogen (secondary N) is 2. The topological polar surface area (TPSA) is 89.2 Å². The number of anilines is 2. The Labute approximate surface area is 116 Å². The van der Waals surface area contributed by atoms with Crippen molar-refractivity contribution in [3.63, 3.8) is 0 Å². The van der Waals surface area contributed by atoms with Gasteiger partial charge in [0.2, 0.25) is 0 Å². The van der Waals surface area contributed by atoms with Crippen LogP contribution >= 0.6 is 0 Å². The molecule has 20 heavy (non-hydrogen) atoms. The molecule has 0 saturated heterocycles. The average Bonchev–Trinajstić information content (AvgIpc) is 2.78. The third-order valence-electron chi connectivity index (χ3n) is 2.89. The Bertz CT molecular complexity index is 644. The van der Waals surface area contributed by atoms with Crippen molar-refractivity contribution in [2.75, 3.05) is 18.1 Å². The van der Waals surface area contributed by atoms with Gasteiger partial charge in [-0.3, -0.25) is 9.59 Å². The van der Waals surface area contributed by atoms with Crippen LogP contribution in [-0.2, 0) is 7.05 Å². The highest BCUT2D eigenvalue weighted by atomic mass is 16.2. The number of aromatic nitrogens is 1. The van der Waals surface area contributed by atoms with Gasteiger partial charge in [-0.15, -0.1) is 0 Å². The Morgan fingerprint density at radius 1 is 1.15 bits per heavy atom. The fourth-order valence-electron chi connectivity index (χ4n) is 1.86. The highest BCUT2D eigenvalue weighted by molar-refractivity contribution is 6.04. The van der Waals surface area contributed by atoms with Gasteiger partial charge in [0.25, 0.3) is 11.8 Å². The molecule has 104 valence electrons. The molecule has 2 rings (SSSR count). The lowest BCUT2D eigenvalue weighted by Gasteiger charge is -2.06. The van der Waals surface area contributed by atoms with Crippen LogP contribution in [0.2, 0.25) is 0 Å². The summed E-state index contributed by atoms with van der Waals surface area (Å²) < 4.78 is 1.66. The molecule has 4 N–H and O–H groups in total. The maximum Gasteiger partial charge on any atom is 0.272 e. The number of hydrogen-bond donors (Lipinski definition) is 3. The molecule has 1 aromatic carbocycles. The largest absolute Gasteiger partial charge is 0.397 e. The van der Waals surface area contributed by atoms with E-state index in [9.17, 15) is 9.59 Å². The van der Waals surface area contributed by atoms with Crippen LogP contribution in [-0.4, -0.2) is 23.4 Å². The summed E-state index contributed by atoms with van der Waals surface area (Å²) in [4.78, 5) is 23.5. The zero-order valence-corrected chi connectivity index (χ0v) is 11.3. The molecule has 0 fully saturated rings. The van der Waals surface area contributed by atoms with E-state index in [-0.39, 0.29) is 11.8 Å². The van der Waals surface area contributed by atoms with Crippen molar-refractivity contribution >= 4 is 23.2 Å². The monoisotopic (exact) mass is 272 g/mol. The molecule has 2 aromatic rings. The van der Waals surface area contributed by atoms with Gasteiger partial charge >= 0.3 is 0 Å². The fourth-order valence-corrected chi connectivity index (χ4v) is 1.86. The van der Waals surface area contributed by atoms with E-state index in [0.29, 0.717) is 22.6 Å². The second kappa shape index (κ2) is 5.48. The number of amides is 2. The molecule has 6 nitrogen and oxygen atoms in total. The number of carbonyl (C=O) groups excluding carboxylic acids is 2. The first kappa shape index (κ1) is 13.7. The first-order valence-corrected chi connectivity index (χ1v) is 6.06. The zero-order valence-electron chi connectivity index (χ0n) is 11.3. The Morgan fingerprint density at radius 3 is 2.30 bits per heavy atom. The van der Waals surface area contributed by atoms with Gasteiger partial charge in [-0.25, -0.2) is 0 Å². The van der Waals surface area contributed by atoms with Crippen molar-refractivity contribution in [2.45, 2.75) is 0 Å². The molecule has 2 amide bonds. The van der Waals surface area contributed by atoms with Crippen molar-refractivity contribution in [3.8, 4) is 0 Å². The van der Waals surface area contributed by atoms with Gasteiger partial charge in [0.15, 0.2) is 0 Å². The van der Waals surface area contributed by atoms with E-state index in [0.717, 1.165) is 0 Å². The summed E-state index contributed by atoms with van der Waals surface area (Å²) in [6.45, 7) is 0. The van der Waals surface area contributed by atoms with Gasteiger partial charge in [0.1, 0.15) is 5.69 Å². The van der Waals surface area contributed by atoms with E-state index in [1.165, 1.54) is 0 Å². The van der Waals surface area contributed by atoms with Gasteiger partial charge < -0.3 is 20.9 Å². The van der Waals surface area contributed by atoms with Gasteiger partial charge in [-0.2, -0.15) is 0 Å². The Hall–Kier alpha value is -2.76. The van der Waals surface area contributed by atoms with Crippen LogP contribution < -0.4 is 16.4 Å². The number of benzene rings is 1. The fraction of sp³-hybridized carbons (Fsp3) is 0.143. The number of nitrogen functional groups attached to an aromatic ring is 1. The number of nitrogens with two attached hydrogens (primary N) is 1. The number of rotatable bonds is 3. The van der Waals surface area contributed by atoms with Gasteiger partial charge in [0, 0.05) is 31.5 Å². The van der Waals surface area contributed by atoms with Crippen molar-refractivity contribution < 1.29 is 9.59 Å². The van der Waals surface area contributed by atoms with Crippen LogP contribution in [0.25, 0.3) is 0 Å². The molecule has 0 aliphatic rings. The second-order valence-corrected chi connectivity index (χ2v) is 4.38. The van der Waals surface area contributed by atoms with E-state index >= 15 is 0 Å². The molecular formula is C14H16N4O2. The van der Waals surface area contributed by atoms with Crippen molar-refractivity contribution in [1.82, 2.24) is 9.88 Å². The minimum atomic E-state index is -0.253. The summed E-state index contributed by atoms with van der Waals surface area (Å²) >= 11 is 0. The number of carbonyl (C=O) groups is 2. The third kappa shape index (κ3) is 2.80. The molecular weight excluding hydrogens is 256 g/mol. The minimum Gasteiger partial charge on any atom is -0.397 e. The molecule has 0 radical (unpaired) electrons. The van der Waals surface area contributed by atoms with Crippen molar-refractivity contribution in [1.29, 1.82) is 0 Å². The summed E-state index contributed by atoms with van der Waals surface area (Å²) in [6, 6.07) is 8.25. The smallest absolute Gasteiger partial charge is 0.272 e. The highest BCUT2D eigenvalue weighted by Crippen LogP contribution is 2.13. The van der Waals surface area contributed by atoms with Crippen LogP contribution in [0.5, 0.6) is 0 Å². The summed E-state index contributed by atoms with van der Waals surface area (Å²) in [5, 5.41) is 5.28. The number of nitrogens with zero attached hydrogens (tertiary/aromatic N) is 1. The molecule has 0 spiro atoms. The molecule has 0 bridgehead atoms. The lowest BCUT2D eigenvalue weighted by Crippen LogP contribution is -2.18. The molecule has 0 aliphatic heterocycles. The van der Waals surface area contributed by atoms with E-state index < -0.39 is 0 Å². The maximum atomic E-state index is 12.1. The summed E-state index contributed by atoms with van der Waals surface area (Å²) in [6.07, 6.45) is 1.67. The molecule has 1 heterocycles. The third-order valence-corrected chi connectivity index (χ3v) is 2.89. The molecule has 0 aliphatic carbocycles.